The third-order valence-electron chi connectivity index (χ3n) is 6.05. The number of hydrogen-bond acceptors (Lipinski definition) is 5. The Morgan fingerprint density at radius 3 is 2.67 bits per heavy atom. The Kier molecular flexibility index (Phi) is 5.61. The van der Waals surface area contributed by atoms with Gasteiger partial charge in [0.15, 0.2) is 0 Å². The van der Waals surface area contributed by atoms with Crippen LogP contribution in [0.3, 0.4) is 0 Å². The summed E-state index contributed by atoms with van der Waals surface area (Å²) < 4.78 is 0. The lowest BCUT2D eigenvalue weighted by Crippen LogP contribution is -2.61. The molecule has 4 rings (SSSR count). The minimum Gasteiger partial charge on any atom is -0.368 e. The second kappa shape index (κ2) is 8.34. The number of nitro groups is 1. The van der Waals surface area contributed by atoms with Gasteiger partial charge in [-0.25, -0.2) is 0 Å². The lowest BCUT2D eigenvalue weighted by atomic mass is 9.83. The zero-order valence-electron chi connectivity index (χ0n) is 17.5. The summed E-state index contributed by atoms with van der Waals surface area (Å²) in [6.45, 7) is 7.15. The second-order valence-electron chi connectivity index (χ2n) is 8.56. The van der Waals surface area contributed by atoms with Gasteiger partial charge < -0.3 is 15.1 Å². The molecule has 2 atom stereocenters. The van der Waals surface area contributed by atoms with Crippen molar-refractivity contribution in [1.82, 2.24) is 5.32 Å². The molecule has 1 amide bonds. The van der Waals surface area contributed by atoms with Gasteiger partial charge in [0.25, 0.3) is 5.69 Å². The van der Waals surface area contributed by atoms with E-state index in [0.717, 1.165) is 36.6 Å². The van der Waals surface area contributed by atoms with Gasteiger partial charge in [-0.3, -0.25) is 14.9 Å². The molecule has 2 heterocycles. The van der Waals surface area contributed by atoms with Crippen molar-refractivity contribution in [3.05, 3.63) is 64.2 Å². The Morgan fingerprint density at radius 1 is 1.20 bits per heavy atom. The van der Waals surface area contributed by atoms with Crippen molar-refractivity contribution in [3.8, 4) is 0 Å². The Labute approximate surface area is 176 Å². The van der Waals surface area contributed by atoms with E-state index in [1.807, 2.05) is 24.3 Å². The maximum atomic E-state index is 13.1. The maximum absolute atomic E-state index is 13.1. The van der Waals surface area contributed by atoms with E-state index in [1.54, 1.807) is 12.1 Å². The minimum absolute atomic E-state index is 0.0278. The summed E-state index contributed by atoms with van der Waals surface area (Å²) in [4.78, 5) is 28.7. The fourth-order valence-corrected chi connectivity index (χ4v) is 4.53. The standard InChI is InChI=1S/C23H28N4O3/c1-16(2)14-24-23(28)20-13-17-12-19(27(29)30)8-9-21(17)26-11-10-25(15-22(20)26)18-6-4-3-5-7-18/h3-9,12,16,20,22H,10-11,13-15H2,1-2H3,(H,24,28). The fraction of sp³-hybridized carbons (Fsp3) is 0.435. The van der Waals surface area contributed by atoms with Crippen LogP contribution in [0.25, 0.3) is 0 Å². The predicted molar refractivity (Wildman–Crippen MR) is 118 cm³/mol. The van der Waals surface area contributed by atoms with Gasteiger partial charge in [-0.05, 0) is 36.1 Å². The molecule has 0 aliphatic carbocycles. The summed E-state index contributed by atoms with van der Waals surface area (Å²) in [5.41, 5.74) is 3.15. The van der Waals surface area contributed by atoms with E-state index in [1.165, 1.54) is 0 Å². The molecule has 7 nitrogen and oxygen atoms in total. The summed E-state index contributed by atoms with van der Waals surface area (Å²) in [6, 6.07) is 15.4. The first-order valence-corrected chi connectivity index (χ1v) is 10.6. The monoisotopic (exact) mass is 408 g/mol. The zero-order valence-corrected chi connectivity index (χ0v) is 17.5. The molecule has 1 N–H and O–H groups in total. The van der Waals surface area contributed by atoms with Crippen LogP contribution in [0.1, 0.15) is 19.4 Å². The quantitative estimate of drug-likeness (QED) is 0.607. The number of rotatable bonds is 5. The summed E-state index contributed by atoms with van der Waals surface area (Å²) in [5.74, 6) is 0.157. The number of hydrogen-bond donors (Lipinski definition) is 1. The molecule has 1 fully saturated rings. The molecule has 2 aliphatic heterocycles. The van der Waals surface area contributed by atoms with Gasteiger partial charge in [-0.2, -0.15) is 0 Å². The van der Waals surface area contributed by atoms with Crippen molar-refractivity contribution in [2.24, 2.45) is 11.8 Å². The van der Waals surface area contributed by atoms with E-state index in [0.29, 0.717) is 18.9 Å². The molecule has 2 aromatic rings. The number of nitrogens with one attached hydrogen (secondary N) is 1. The number of carbonyl (C=O) groups excluding carboxylic acids is 1. The summed E-state index contributed by atoms with van der Waals surface area (Å²) in [5, 5.41) is 14.4. The van der Waals surface area contributed by atoms with Crippen LogP contribution in [0, 0.1) is 22.0 Å². The average Bonchev–Trinajstić information content (AvgIpc) is 2.76. The average molecular weight is 409 g/mol. The van der Waals surface area contributed by atoms with Gasteiger partial charge in [0.05, 0.1) is 16.9 Å². The third-order valence-corrected chi connectivity index (χ3v) is 6.05. The number of nitro benzene ring substituents is 1. The molecule has 0 saturated carbocycles. The van der Waals surface area contributed by atoms with Gasteiger partial charge in [-0.15, -0.1) is 0 Å². The number of carbonyl (C=O) groups is 1. The van der Waals surface area contributed by atoms with E-state index in [-0.39, 0.29) is 28.5 Å². The van der Waals surface area contributed by atoms with Gasteiger partial charge in [0.2, 0.25) is 5.91 Å². The molecule has 0 spiro atoms. The van der Waals surface area contributed by atoms with Crippen molar-refractivity contribution in [2.45, 2.75) is 26.3 Å². The molecule has 158 valence electrons. The first-order chi connectivity index (χ1) is 14.4. The molecule has 2 aromatic carbocycles. The fourth-order valence-electron chi connectivity index (χ4n) is 4.53. The third kappa shape index (κ3) is 3.97. The molecule has 2 unspecified atom stereocenters. The van der Waals surface area contributed by atoms with E-state index < -0.39 is 0 Å². The smallest absolute Gasteiger partial charge is 0.269 e. The summed E-state index contributed by atoms with van der Waals surface area (Å²) >= 11 is 0. The van der Waals surface area contributed by atoms with Crippen LogP contribution >= 0.6 is 0 Å². The predicted octanol–water partition coefficient (Wildman–Crippen LogP) is 3.23. The van der Waals surface area contributed by atoms with E-state index >= 15 is 0 Å². The number of nitrogens with zero attached hydrogens (tertiary/aromatic N) is 3. The zero-order chi connectivity index (χ0) is 21.3. The minimum atomic E-state index is -0.368. The highest BCUT2D eigenvalue weighted by Gasteiger charge is 2.42. The van der Waals surface area contributed by atoms with Crippen molar-refractivity contribution < 1.29 is 9.72 Å². The SMILES string of the molecule is CC(C)CNC(=O)C1Cc2cc([N+](=O)[O-])ccc2N2CCN(c3ccccc3)CC12. The highest BCUT2D eigenvalue weighted by atomic mass is 16.6. The topological polar surface area (TPSA) is 78.7 Å². The van der Waals surface area contributed by atoms with Crippen LogP contribution < -0.4 is 15.1 Å². The number of anilines is 2. The number of non-ortho nitro benzene ring substituents is 1. The van der Waals surface area contributed by atoms with Gasteiger partial charge in [0.1, 0.15) is 0 Å². The maximum Gasteiger partial charge on any atom is 0.269 e. The molecule has 2 aliphatic rings. The van der Waals surface area contributed by atoms with E-state index in [4.69, 9.17) is 0 Å². The van der Waals surface area contributed by atoms with Crippen LogP contribution in [-0.2, 0) is 11.2 Å². The molecule has 0 radical (unpaired) electrons. The molecular weight excluding hydrogens is 380 g/mol. The molecule has 1 saturated heterocycles. The van der Waals surface area contributed by atoms with Gasteiger partial charge in [-0.1, -0.05) is 32.0 Å². The second-order valence-corrected chi connectivity index (χ2v) is 8.56. The first-order valence-electron chi connectivity index (χ1n) is 10.6. The van der Waals surface area contributed by atoms with Gasteiger partial charge >= 0.3 is 0 Å². The number of amides is 1. The Balaban J connectivity index is 1.66. The lowest BCUT2D eigenvalue weighted by Gasteiger charge is -2.49. The molecule has 0 bridgehead atoms. The molecule has 30 heavy (non-hydrogen) atoms. The Morgan fingerprint density at radius 2 is 1.97 bits per heavy atom. The van der Waals surface area contributed by atoms with Crippen molar-refractivity contribution in [2.75, 3.05) is 36.0 Å². The first kappa shape index (κ1) is 20.2. The number of fused-ring (bicyclic) bond motifs is 3. The van der Waals surface area contributed by atoms with Gasteiger partial charge in [0, 0.05) is 49.7 Å². The molecule has 7 heteroatoms. The highest BCUT2D eigenvalue weighted by Crippen LogP contribution is 2.38. The largest absolute Gasteiger partial charge is 0.368 e. The number of piperazine rings is 1. The van der Waals surface area contributed by atoms with Crippen LogP contribution in [0.4, 0.5) is 17.1 Å². The molecular formula is C23H28N4O3. The molecule has 0 aromatic heterocycles. The Hall–Kier alpha value is -3.09. The summed E-state index contributed by atoms with van der Waals surface area (Å²) in [6.07, 6.45) is 0.519. The Bertz CT molecular complexity index is 931. The normalized spacial score (nSPS) is 20.5. The van der Waals surface area contributed by atoms with Crippen LogP contribution in [0.15, 0.2) is 48.5 Å². The lowest BCUT2D eigenvalue weighted by molar-refractivity contribution is -0.384. The number of benzene rings is 2. The van der Waals surface area contributed by atoms with E-state index in [9.17, 15) is 14.9 Å². The summed E-state index contributed by atoms with van der Waals surface area (Å²) in [7, 11) is 0. The van der Waals surface area contributed by atoms with Crippen LogP contribution in [0.2, 0.25) is 0 Å². The van der Waals surface area contributed by atoms with Crippen molar-refractivity contribution in [1.29, 1.82) is 0 Å². The number of para-hydroxylation sites is 1. The van der Waals surface area contributed by atoms with E-state index in [2.05, 4.69) is 41.1 Å². The highest BCUT2D eigenvalue weighted by molar-refractivity contribution is 5.82. The van der Waals surface area contributed by atoms with Crippen molar-refractivity contribution in [3.63, 3.8) is 0 Å². The van der Waals surface area contributed by atoms with Crippen LogP contribution in [0.5, 0.6) is 0 Å². The van der Waals surface area contributed by atoms with Crippen LogP contribution in [-0.4, -0.2) is 43.1 Å². The van der Waals surface area contributed by atoms with Crippen molar-refractivity contribution >= 4 is 23.0 Å².